The molecule has 0 aliphatic rings. The first-order valence-corrected chi connectivity index (χ1v) is 8.00. The van der Waals surface area contributed by atoms with Gasteiger partial charge >= 0.3 is 0 Å². The maximum Gasteiger partial charge on any atom is 0.119 e. The predicted octanol–water partition coefficient (Wildman–Crippen LogP) is 2.31. The fraction of sp³-hybridized carbons (Fsp3) is 0.444. The fourth-order valence-electron chi connectivity index (χ4n) is 2.07. The van der Waals surface area contributed by atoms with Crippen LogP contribution in [0.3, 0.4) is 0 Å². The topological polar surface area (TPSA) is 66.7 Å². The average molecular weight is 318 g/mol. The van der Waals surface area contributed by atoms with Crippen LogP contribution in [0.1, 0.15) is 25.2 Å². The quantitative estimate of drug-likeness (QED) is 0.627. The van der Waals surface area contributed by atoms with E-state index in [2.05, 4.69) is 10.6 Å². The van der Waals surface area contributed by atoms with Gasteiger partial charge in [-0.05, 0) is 29.8 Å². The summed E-state index contributed by atoms with van der Waals surface area (Å²) in [4.78, 5) is 0. The molecule has 2 rings (SSSR count). The molecule has 0 aliphatic heterocycles. The highest BCUT2D eigenvalue weighted by Gasteiger charge is 2.06. The lowest BCUT2D eigenvalue weighted by Gasteiger charge is -2.15. The molecule has 0 fully saturated rings. The van der Waals surface area contributed by atoms with E-state index in [-0.39, 0.29) is 6.61 Å². The van der Waals surface area contributed by atoms with E-state index in [0.717, 1.165) is 18.1 Å². The third kappa shape index (κ3) is 6.86. The monoisotopic (exact) mass is 318 g/mol. The second-order valence-corrected chi connectivity index (χ2v) is 5.85. The molecule has 0 saturated heterocycles. The van der Waals surface area contributed by atoms with Gasteiger partial charge in [0.1, 0.15) is 24.2 Å². The second kappa shape index (κ2) is 9.35. The Morgan fingerprint density at radius 1 is 1.13 bits per heavy atom. The van der Waals surface area contributed by atoms with Crippen LogP contribution in [0.2, 0.25) is 0 Å². The highest BCUT2D eigenvalue weighted by Crippen LogP contribution is 2.12. The minimum Gasteiger partial charge on any atom is -0.491 e. The summed E-state index contributed by atoms with van der Waals surface area (Å²) >= 11 is 0. The number of nitrogens with one attached hydrogen (secondary N) is 2. The smallest absolute Gasteiger partial charge is 0.119 e. The van der Waals surface area contributed by atoms with E-state index >= 15 is 0 Å². The summed E-state index contributed by atoms with van der Waals surface area (Å²) in [5, 5.41) is 16.3. The van der Waals surface area contributed by atoms with Crippen LogP contribution in [0, 0.1) is 0 Å². The minimum absolute atomic E-state index is 0.288. The van der Waals surface area contributed by atoms with Crippen molar-refractivity contribution in [2.75, 3.05) is 13.2 Å². The Hall–Kier alpha value is -1.82. The van der Waals surface area contributed by atoms with E-state index in [1.165, 1.54) is 5.56 Å². The van der Waals surface area contributed by atoms with Gasteiger partial charge in [0, 0.05) is 19.1 Å². The number of rotatable bonds is 10. The van der Waals surface area contributed by atoms with Crippen molar-refractivity contribution in [1.29, 1.82) is 0 Å². The molecule has 1 unspecified atom stereocenters. The third-order valence-electron chi connectivity index (χ3n) is 3.34. The van der Waals surface area contributed by atoms with Crippen LogP contribution in [-0.2, 0) is 13.1 Å². The molecule has 1 aromatic carbocycles. The van der Waals surface area contributed by atoms with E-state index < -0.39 is 6.10 Å². The molecule has 0 bridgehead atoms. The second-order valence-electron chi connectivity index (χ2n) is 5.85. The van der Waals surface area contributed by atoms with Crippen molar-refractivity contribution in [3.63, 3.8) is 0 Å². The van der Waals surface area contributed by atoms with E-state index in [4.69, 9.17) is 9.15 Å². The zero-order chi connectivity index (χ0) is 16.5. The summed E-state index contributed by atoms with van der Waals surface area (Å²) in [5.41, 5.74) is 1.17. The van der Waals surface area contributed by atoms with E-state index in [9.17, 15) is 5.11 Å². The first kappa shape index (κ1) is 17.5. The Morgan fingerprint density at radius 3 is 2.57 bits per heavy atom. The zero-order valence-electron chi connectivity index (χ0n) is 13.8. The van der Waals surface area contributed by atoms with Crippen molar-refractivity contribution >= 4 is 0 Å². The molecule has 0 saturated carbocycles. The van der Waals surface area contributed by atoms with Crippen LogP contribution >= 0.6 is 0 Å². The number of furan rings is 1. The van der Waals surface area contributed by atoms with E-state index in [1.807, 2.05) is 50.2 Å². The lowest BCUT2D eigenvalue weighted by Crippen LogP contribution is -2.35. The van der Waals surface area contributed by atoms with Crippen molar-refractivity contribution in [1.82, 2.24) is 10.6 Å². The van der Waals surface area contributed by atoms with Gasteiger partial charge in [-0.25, -0.2) is 0 Å². The Morgan fingerprint density at radius 2 is 1.91 bits per heavy atom. The molecule has 3 N–H and O–H groups in total. The first-order valence-electron chi connectivity index (χ1n) is 8.00. The number of aliphatic hydroxyl groups is 1. The normalized spacial score (nSPS) is 12.5. The zero-order valence-corrected chi connectivity index (χ0v) is 13.8. The third-order valence-corrected chi connectivity index (χ3v) is 3.34. The number of hydrogen-bond acceptors (Lipinski definition) is 5. The molecule has 1 heterocycles. The Kier molecular flexibility index (Phi) is 7.13. The van der Waals surface area contributed by atoms with Gasteiger partial charge in [0.05, 0.1) is 12.8 Å². The van der Waals surface area contributed by atoms with Crippen LogP contribution in [0.25, 0.3) is 0 Å². The van der Waals surface area contributed by atoms with Gasteiger partial charge in [0.2, 0.25) is 0 Å². The van der Waals surface area contributed by atoms with Crippen LogP contribution in [0.5, 0.6) is 5.75 Å². The molecule has 126 valence electrons. The molecular weight excluding hydrogens is 292 g/mol. The van der Waals surface area contributed by atoms with Crippen molar-refractivity contribution in [2.24, 2.45) is 0 Å². The van der Waals surface area contributed by atoms with Gasteiger partial charge in [-0.1, -0.05) is 26.0 Å². The number of ether oxygens (including phenoxy) is 1. The molecule has 0 spiro atoms. The maximum atomic E-state index is 9.81. The lowest BCUT2D eigenvalue weighted by molar-refractivity contribution is 0.104. The van der Waals surface area contributed by atoms with Gasteiger partial charge in [0.25, 0.3) is 0 Å². The van der Waals surface area contributed by atoms with E-state index in [0.29, 0.717) is 19.1 Å². The molecular formula is C18H26N2O3. The fourth-order valence-corrected chi connectivity index (χ4v) is 2.07. The minimum atomic E-state index is -0.507. The summed E-state index contributed by atoms with van der Waals surface area (Å²) in [6.07, 6.45) is 1.17. The van der Waals surface area contributed by atoms with Gasteiger partial charge in [0.15, 0.2) is 0 Å². The Bertz CT molecular complexity index is 538. The average Bonchev–Trinajstić information content (AvgIpc) is 3.05. The predicted molar refractivity (Wildman–Crippen MR) is 90.3 cm³/mol. The van der Waals surface area contributed by atoms with Crippen molar-refractivity contribution < 1.29 is 14.3 Å². The highest BCUT2D eigenvalue weighted by molar-refractivity contribution is 5.27. The molecule has 0 aliphatic carbocycles. The van der Waals surface area contributed by atoms with Gasteiger partial charge in [-0.3, -0.25) is 0 Å². The number of hydrogen-bond donors (Lipinski definition) is 3. The summed E-state index contributed by atoms with van der Waals surface area (Å²) < 4.78 is 10.9. The van der Waals surface area contributed by atoms with Gasteiger partial charge in [-0.2, -0.15) is 0 Å². The SMILES string of the molecule is CC(C)NCC(O)COc1ccc(CNCc2ccco2)cc1. The summed E-state index contributed by atoms with van der Waals surface area (Å²) in [7, 11) is 0. The number of aliphatic hydroxyl groups excluding tert-OH is 1. The summed E-state index contributed by atoms with van der Waals surface area (Å²) in [5.74, 6) is 1.69. The van der Waals surface area contributed by atoms with E-state index in [1.54, 1.807) is 6.26 Å². The van der Waals surface area contributed by atoms with Crippen molar-refractivity contribution in [3.8, 4) is 5.75 Å². The standard InChI is InChI=1S/C18H26N2O3/c1-14(2)20-11-16(21)13-23-17-7-5-15(6-8-17)10-19-12-18-4-3-9-22-18/h3-9,14,16,19-21H,10-13H2,1-2H3. The highest BCUT2D eigenvalue weighted by atomic mass is 16.5. The molecule has 23 heavy (non-hydrogen) atoms. The molecule has 5 nitrogen and oxygen atoms in total. The summed E-state index contributed by atoms with van der Waals surface area (Å²) in [6, 6.07) is 12.1. The molecule has 1 atom stereocenters. The lowest BCUT2D eigenvalue weighted by atomic mass is 10.2. The van der Waals surface area contributed by atoms with Gasteiger partial charge in [-0.15, -0.1) is 0 Å². The molecule has 2 aromatic rings. The molecule has 0 radical (unpaired) electrons. The van der Waals surface area contributed by atoms with Crippen LogP contribution in [0.15, 0.2) is 47.1 Å². The number of benzene rings is 1. The summed E-state index contributed by atoms with van der Waals surface area (Å²) in [6.45, 7) is 6.39. The first-order chi connectivity index (χ1) is 11.1. The van der Waals surface area contributed by atoms with Gasteiger partial charge < -0.3 is 24.9 Å². The Labute approximate surface area is 137 Å². The van der Waals surface area contributed by atoms with Crippen molar-refractivity contribution in [3.05, 3.63) is 54.0 Å². The van der Waals surface area contributed by atoms with Crippen LogP contribution in [0.4, 0.5) is 0 Å². The van der Waals surface area contributed by atoms with Crippen molar-refractivity contribution in [2.45, 2.75) is 39.1 Å². The molecule has 0 amide bonds. The largest absolute Gasteiger partial charge is 0.491 e. The maximum absolute atomic E-state index is 9.81. The molecule has 5 heteroatoms. The molecule has 1 aromatic heterocycles. The van der Waals surface area contributed by atoms with Crippen LogP contribution in [-0.4, -0.2) is 30.4 Å². The Balaban J connectivity index is 1.67. The van der Waals surface area contributed by atoms with Crippen LogP contribution < -0.4 is 15.4 Å².